The lowest BCUT2D eigenvalue weighted by molar-refractivity contribution is 0.0746. The number of rotatable bonds is 7. The molecule has 7 heteroatoms. The topological polar surface area (TPSA) is 54.5 Å². The summed E-state index contributed by atoms with van der Waals surface area (Å²) in [5, 5.41) is 0. The molecule has 2 saturated heterocycles. The second kappa shape index (κ2) is 10.3. The summed E-state index contributed by atoms with van der Waals surface area (Å²) < 4.78 is 16.7. The number of hydrogen-bond donors (Lipinski definition) is 0. The monoisotopic (exact) mass is 451 g/mol. The number of amides is 1. The Morgan fingerprint density at radius 1 is 0.848 bits per heavy atom. The zero-order valence-corrected chi connectivity index (χ0v) is 19.2. The maximum atomic E-state index is 12.9. The van der Waals surface area contributed by atoms with Gasteiger partial charge in [0.2, 0.25) is 6.79 Å². The highest BCUT2D eigenvalue weighted by atomic mass is 16.7. The molecule has 2 aromatic carbocycles. The van der Waals surface area contributed by atoms with E-state index in [4.69, 9.17) is 14.2 Å². The lowest BCUT2D eigenvalue weighted by atomic mass is 10.1. The molecule has 0 unspecified atom stereocenters. The van der Waals surface area contributed by atoms with E-state index >= 15 is 0 Å². The van der Waals surface area contributed by atoms with E-state index in [-0.39, 0.29) is 12.7 Å². The molecule has 7 nitrogen and oxygen atoms in total. The minimum atomic E-state index is 0.0428. The van der Waals surface area contributed by atoms with Crippen LogP contribution in [0.4, 0.5) is 5.69 Å². The second-order valence-corrected chi connectivity index (χ2v) is 8.95. The molecule has 0 spiro atoms. The molecule has 0 radical (unpaired) electrons. The molecule has 5 rings (SSSR count). The summed E-state index contributed by atoms with van der Waals surface area (Å²) >= 11 is 0. The van der Waals surface area contributed by atoms with E-state index in [1.807, 2.05) is 17.0 Å². The first-order chi connectivity index (χ1) is 16.3. The van der Waals surface area contributed by atoms with Crippen molar-refractivity contribution in [3.05, 3.63) is 48.0 Å². The van der Waals surface area contributed by atoms with Gasteiger partial charge in [-0.2, -0.15) is 0 Å². The van der Waals surface area contributed by atoms with Crippen molar-refractivity contribution in [1.82, 2.24) is 9.80 Å². The maximum Gasteiger partial charge on any atom is 0.254 e. The minimum Gasteiger partial charge on any atom is -0.494 e. The molecule has 2 fully saturated rings. The molecule has 0 aliphatic carbocycles. The third-order valence-electron chi connectivity index (χ3n) is 6.72. The molecule has 176 valence electrons. The van der Waals surface area contributed by atoms with Crippen molar-refractivity contribution in [3.8, 4) is 17.2 Å². The normalized spacial score (nSPS) is 18.4. The predicted molar refractivity (Wildman–Crippen MR) is 128 cm³/mol. The quantitative estimate of drug-likeness (QED) is 0.600. The summed E-state index contributed by atoms with van der Waals surface area (Å²) in [6, 6.07) is 13.8. The Kier molecular flexibility index (Phi) is 6.86. The van der Waals surface area contributed by atoms with Gasteiger partial charge in [-0.1, -0.05) is 6.42 Å². The largest absolute Gasteiger partial charge is 0.494 e. The van der Waals surface area contributed by atoms with Crippen LogP contribution in [0.25, 0.3) is 0 Å². The summed E-state index contributed by atoms with van der Waals surface area (Å²) in [5.74, 6) is 2.31. The third kappa shape index (κ3) is 5.36. The average Bonchev–Trinajstić information content (AvgIpc) is 3.35. The number of carbonyl (C=O) groups excluding carboxylic acids is 1. The van der Waals surface area contributed by atoms with Crippen molar-refractivity contribution < 1.29 is 19.0 Å². The molecule has 0 saturated carbocycles. The highest BCUT2D eigenvalue weighted by molar-refractivity contribution is 5.95. The van der Waals surface area contributed by atoms with E-state index < -0.39 is 0 Å². The van der Waals surface area contributed by atoms with Crippen LogP contribution in [0.15, 0.2) is 42.5 Å². The first kappa shape index (κ1) is 21.9. The van der Waals surface area contributed by atoms with Gasteiger partial charge in [0, 0.05) is 44.0 Å². The molecular weight excluding hydrogens is 418 g/mol. The van der Waals surface area contributed by atoms with Gasteiger partial charge < -0.3 is 28.9 Å². The maximum absolute atomic E-state index is 12.9. The molecule has 3 heterocycles. The van der Waals surface area contributed by atoms with Gasteiger partial charge in [0.1, 0.15) is 5.75 Å². The van der Waals surface area contributed by atoms with Gasteiger partial charge in [0.15, 0.2) is 11.5 Å². The lowest BCUT2D eigenvalue weighted by Gasteiger charge is -2.36. The van der Waals surface area contributed by atoms with Crippen LogP contribution in [-0.2, 0) is 0 Å². The number of ether oxygens (including phenoxy) is 3. The fraction of sp³-hybridized carbons (Fsp3) is 0.500. The predicted octanol–water partition coefficient (Wildman–Crippen LogP) is 3.63. The van der Waals surface area contributed by atoms with E-state index in [0.29, 0.717) is 30.2 Å². The summed E-state index contributed by atoms with van der Waals surface area (Å²) in [6.45, 7) is 7.61. The van der Waals surface area contributed by atoms with Crippen molar-refractivity contribution in [2.75, 3.05) is 64.1 Å². The molecule has 0 N–H and O–H groups in total. The standard InChI is InChI=1S/C26H33N3O4/c30-26(21-5-10-24-25(19-21)33-20-32-24)29-16-14-28(15-17-29)22-6-8-23(9-7-22)31-18-4-13-27-11-2-1-3-12-27/h5-10,19H,1-4,11-18,20H2. The van der Waals surface area contributed by atoms with E-state index in [9.17, 15) is 4.79 Å². The number of piperidine rings is 1. The number of piperazine rings is 1. The van der Waals surface area contributed by atoms with E-state index in [1.54, 1.807) is 6.07 Å². The summed E-state index contributed by atoms with van der Waals surface area (Å²) in [4.78, 5) is 19.7. The van der Waals surface area contributed by atoms with Crippen LogP contribution < -0.4 is 19.1 Å². The van der Waals surface area contributed by atoms with Crippen LogP contribution in [0, 0.1) is 0 Å². The lowest BCUT2D eigenvalue weighted by Crippen LogP contribution is -2.48. The minimum absolute atomic E-state index is 0.0428. The molecule has 3 aliphatic rings. The summed E-state index contributed by atoms with van der Waals surface area (Å²) in [6.07, 6.45) is 5.12. The van der Waals surface area contributed by atoms with Gasteiger partial charge in [0.05, 0.1) is 6.61 Å². The smallest absolute Gasteiger partial charge is 0.254 e. The molecule has 0 atom stereocenters. The molecular formula is C26H33N3O4. The van der Waals surface area contributed by atoms with Gasteiger partial charge in [0.25, 0.3) is 5.91 Å². The van der Waals surface area contributed by atoms with Crippen molar-refractivity contribution in [3.63, 3.8) is 0 Å². The molecule has 33 heavy (non-hydrogen) atoms. The SMILES string of the molecule is O=C(c1ccc2c(c1)OCO2)N1CCN(c2ccc(OCCCN3CCCCC3)cc2)CC1. The number of carbonyl (C=O) groups is 1. The van der Waals surface area contributed by atoms with Crippen molar-refractivity contribution in [2.45, 2.75) is 25.7 Å². The van der Waals surface area contributed by atoms with Crippen LogP contribution in [0.5, 0.6) is 17.2 Å². The van der Waals surface area contributed by atoms with Gasteiger partial charge in [-0.3, -0.25) is 4.79 Å². The van der Waals surface area contributed by atoms with Crippen LogP contribution >= 0.6 is 0 Å². The number of likely N-dealkylation sites (tertiary alicyclic amines) is 1. The Bertz CT molecular complexity index is 935. The Hall–Kier alpha value is -2.93. The fourth-order valence-electron chi connectivity index (χ4n) is 4.79. The first-order valence-electron chi connectivity index (χ1n) is 12.2. The molecule has 0 aromatic heterocycles. The van der Waals surface area contributed by atoms with Crippen LogP contribution in [-0.4, -0.2) is 74.9 Å². The van der Waals surface area contributed by atoms with E-state index in [1.165, 1.54) is 38.0 Å². The van der Waals surface area contributed by atoms with Crippen LogP contribution in [0.2, 0.25) is 0 Å². The van der Waals surface area contributed by atoms with E-state index in [0.717, 1.165) is 38.4 Å². The van der Waals surface area contributed by atoms with Crippen LogP contribution in [0.1, 0.15) is 36.0 Å². The highest BCUT2D eigenvalue weighted by Gasteiger charge is 2.24. The highest BCUT2D eigenvalue weighted by Crippen LogP contribution is 2.33. The van der Waals surface area contributed by atoms with Crippen molar-refractivity contribution in [2.24, 2.45) is 0 Å². The van der Waals surface area contributed by atoms with Crippen molar-refractivity contribution in [1.29, 1.82) is 0 Å². The van der Waals surface area contributed by atoms with Crippen molar-refractivity contribution >= 4 is 11.6 Å². The Labute approximate surface area is 195 Å². The Balaban J connectivity index is 1.06. The molecule has 1 amide bonds. The number of nitrogens with zero attached hydrogens (tertiary/aromatic N) is 3. The van der Waals surface area contributed by atoms with Gasteiger partial charge in [-0.15, -0.1) is 0 Å². The Morgan fingerprint density at radius 2 is 1.61 bits per heavy atom. The zero-order chi connectivity index (χ0) is 22.5. The molecule has 0 bridgehead atoms. The third-order valence-corrected chi connectivity index (χ3v) is 6.72. The fourth-order valence-corrected chi connectivity index (χ4v) is 4.79. The molecule has 3 aliphatic heterocycles. The van der Waals surface area contributed by atoms with Gasteiger partial charge in [-0.25, -0.2) is 0 Å². The number of fused-ring (bicyclic) bond motifs is 1. The van der Waals surface area contributed by atoms with Gasteiger partial charge >= 0.3 is 0 Å². The molecule has 2 aromatic rings. The number of hydrogen-bond acceptors (Lipinski definition) is 6. The van der Waals surface area contributed by atoms with E-state index in [2.05, 4.69) is 34.1 Å². The zero-order valence-electron chi connectivity index (χ0n) is 19.2. The Morgan fingerprint density at radius 3 is 2.39 bits per heavy atom. The summed E-state index contributed by atoms with van der Waals surface area (Å²) in [5.41, 5.74) is 1.82. The van der Waals surface area contributed by atoms with Crippen LogP contribution in [0.3, 0.4) is 0 Å². The average molecular weight is 452 g/mol. The second-order valence-electron chi connectivity index (χ2n) is 8.95. The van der Waals surface area contributed by atoms with Gasteiger partial charge in [-0.05, 0) is 74.8 Å². The first-order valence-corrected chi connectivity index (χ1v) is 12.2. The number of anilines is 1. The number of benzene rings is 2. The summed E-state index contributed by atoms with van der Waals surface area (Å²) in [7, 11) is 0.